The van der Waals surface area contributed by atoms with Gasteiger partial charge in [-0.05, 0) is 42.8 Å². The van der Waals surface area contributed by atoms with Gasteiger partial charge >= 0.3 is 0 Å². The van der Waals surface area contributed by atoms with Gasteiger partial charge in [-0.3, -0.25) is 4.79 Å². The lowest BCUT2D eigenvalue weighted by molar-refractivity contribution is 0.0982. The number of halogens is 2. The molecule has 0 radical (unpaired) electrons. The minimum atomic E-state index is -0.277. The van der Waals surface area contributed by atoms with Crippen LogP contribution in [0.15, 0.2) is 58.2 Å². The van der Waals surface area contributed by atoms with E-state index in [4.69, 9.17) is 0 Å². The number of carbonyl (C=O) groups is 1. The highest BCUT2D eigenvalue weighted by molar-refractivity contribution is 9.10. The van der Waals surface area contributed by atoms with Crippen LogP contribution in [0.5, 0.6) is 0 Å². The van der Waals surface area contributed by atoms with Crippen LogP contribution in [0.2, 0.25) is 0 Å². The Labute approximate surface area is 164 Å². The van der Waals surface area contributed by atoms with E-state index < -0.39 is 0 Å². The van der Waals surface area contributed by atoms with Crippen LogP contribution in [-0.4, -0.2) is 26.3 Å². The van der Waals surface area contributed by atoms with Crippen molar-refractivity contribution in [1.29, 1.82) is 0 Å². The van der Waals surface area contributed by atoms with Crippen molar-refractivity contribution in [2.45, 2.75) is 18.0 Å². The highest BCUT2D eigenvalue weighted by Gasteiger charge is 2.12. The van der Waals surface area contributed by atoms with E-state index in [1.165, 1.54) is 12.1 Å². The molecule has 0 aliphatic carbocycles. The lowest BCUT2D eigenvalue weighted by Gasteiger charge is -2.04. The van der Waals surface area contributed by atoms with Crippen molar-refractivity contribution >= 4 is 33.5 Å². The average Bonchev–Trinajstić information content (AvgIpc) is 3.00. The normalized spacial score (nSPS) is 10.9. The third kappa shape index (κ3) is 4.59. The van der Waals surface area contributed by atoms with E-state index in [-0.39, 0.29) is 11.6 Å². The standard InChI is InChI=1S/C19H17BrFN3OS/c1-24-18(14-6-10-16(21)11-7-14)22-23-19(24)26-12-2-3-17(25)13-4-8-15(20)9-5-13/h4-11H,2-3,12H2,1H3. The minimum Gasteiger partial charge on any atom is -0.305 e. The molecule has 4 nitrogen and oxygen atoms in total. The van der Waals surface area contributed by atoms with Crippen LogP contribution < -0.4 is 0 Å². The first-order chi connectivity index (χ1) is 12.5. The number of benzene rings is 2. The fourth-order valence-corrected chi connectivity index (χ4v) is 3.58. The van der Waals surface area contributed by atoms with Gasteiger partial charge < -0.3 is 4.57 Å². The largest absolute Gasteiger partial charge is 0.305 e. The number of rotatable bonds is 7. The molecule has 0 fully saturated rings. The monoisotopic (exact) mass is 433 g/mol. The second-order valence-electron chi connectivity index (χ2n) is 5.75. The maximum Gasteiger partial charge on any atom is 0.191 e. The predicted octanol–water partition coefficient (Wildman–Crippen LogP) is 5.14. The fraction of sp³-hybridized carbons (Fsp3) is 0.211. The van der Waals surface area contributed by atoms with Crippen molar-refractivity contribution in [3.05, 3.63) is 64.4 Å². The van der Waals surface area contributed by atoms with Crippen molar-refractivity contribution in [1.82, 2.24) is 14.8 Å². The van der Waals surface area contributed by atoms with Gasteiger partial charge in [-0.2, -0.15) is 0 Å². The number of ketones is 1. The number of thioether (sulfide) groups is 1. The molecule has 0 unspecified atom stereocenters. The minimum absolute atomic E-state index is 0.142. The average molecular weight is 434 g/mol. The van der Waals surface area contributed by atoms with Crippen LogP contribution in [-0.2, 0) is 7.05 Å². The van der Waals surface area contributed by atoms with Gasteiger partial charge in [0.25, 0.3) is 0 Å². The first kappa shape index (κ1) is 18.8. The third-order valence-corrected chi connectivity index (χ3v) is 5.52. The van der Waals surface area contributed by atoms with Crippen LogP contribution in [0.1, 0.15) is 23.2 Å². The summed E-state index contributed by atoms with van der Waals surface area (Å²) in [6.07, 6.45) is 1.26. The molecule has 26 heavy (non-hydrogen) atoms. The fourth-order valence-electron chi connectivity index (χ4n) is 2.47. The summed E-state index contributed by atoms with van der Waals surface area (Å²) < 4.78 is 15.9. The molecule has 0 spiro atoms. The Morgan fingerprint density at radius 1 is 1.12 bits per heavy atom. The Balaban J connectivity index is 1.53. The van der Waals surface area contributed by atoms with E-state index >= 15 is 0 Å². The zero-order chi connectivity index (χ0) is 18.5. The van der Waals surface area contributed by atoms with Gasteiger partial charge in [0.05, 0.1) is 0 Å². The van der Waals surface area contributed by atoms with Crippen molar-refractivity contribution in [2.24, 2.45) is 7.05 Å². The smallest absolute Gasteiger partial charge is 0.191 e. The van der Waals surface area contributed by atoms with Crippen LogP contribution in [0.25, 0.3) is 11.4 Å². The van der Waals surface area contributed by atoms with Crippen molar-refractivity contribution in [3.8, 4) is 11.4 Å². The van der Waals surface area contributed by atoms with Gasteiger partial charge in [0.1, 0.15) is 5.82 Å². The number of hydrogen-bond acceptors (Lipinski definition) is 4. The van der Waals surface area contributed by atoms with Gasteiger partial charge in [-0.25, -0.2) is 4.39 Å². The summed E-state index contributed by atoms with van der Waals surface area (Å²) in [5.41, 5.74) is 1.55. The molecular formula is C19H17BrFN3OS. The lowest BCUT2D eigenvalue weighted by Crippen LogP contribution is -2.00. The topological polar surface area (TPSA) is 47.8 Å². The summed E-state index contributed by atoms with van der Waals surface area (Å²) in [5.74, 6) is 1.33. The third-order valence-electron chi connectivity index (χ3n) is 3.88. The zero-order valence-electron chi connectivity index (χ0n) is 14.2. The molecule has 0 aliphatic heterocycles. The summed E-state index contributed by atoms with van der Waals surface area (Å²) in [7, 11) is 1.88. The second kappa shape index (κ2) is 8.60. The molecule has 3 rings (SSSR count). The van der Waals surface area contributed by atoms with E-state index in [9.17, 15) is 9.18 Å². The van der Waals surface area contributed by atoms with Crippen LogP contribution >= 0.6 is 27.7 Å². The number of hydrogen-bond donors (Lipinski definition) is 0. The summed E-state index contributed by atoms with van der Waals surface area (Å²) in [4.78, 5) is 12.2. The lowest BCUT2D eigenvalue weighted by atomic mass is 10.1. The SMILES string of the molecule is Cn1c(SCCCC(=O)c2ccc(Br)cc2)nnc1-c1ccc(F)cc1. The molecule has 3 aromatic rings. The number of carbonyl (C=O) groups excluding carboxylic acids is 1. The first-order valence-electron chi connectivity index (χ1n) is 8.11. The molecule has 0 aliphatic rings. The Morgan fingerprint density at radius 3 is 2.50 bits per heavy atom. The molecule has 0 atom stereocenters. The van der Waals surface area contributed by atoms with E-state index in [0.717, 1.165) is 32.9 Å². The maximum absolute atomic E-state index is 13.0. The molecule has 0 N–H and O–H groups in total. The van der Waals surface area contributed by atoms with E-state index in [1.807, 2.05) is 35.9 Å². The van der Waals surface area contributed by atoms with Crippen molar-refractivity contribution < 1.29 is 9.18 Å². The summed E-state index contributed by atoms with van der Waals surface area (Å²) in [6.45, 7) is 0. The molecule has 1 aromatic heterocycles. The Hall–Kier alpha value is -1.99. The molecule has 7 heteroatoms. The van der Waals surface area contributed by atoms with Crippen molar-refractivity contribution in [2.75, 3.05) is 5.75 Å². The number of Topliss-reactive ketones (excluding diaryl/α,β-unsaturated/α-hetero) is 1. The molecule has 0 amide bonds. The van der Waals surface area contributed by atoms with E-state index in [2.05, 4.69) is 26.1 Å². The van der Waals surface area contributed by atoms with Gasteiger partial charge in [0, 0.05) is 34.8 Å². The van der Waals surface area contributed by atoms with Crippen molar-refractivity contribution in [3.63, 3.8) is 0 Å². The van der Waals surface area contributed by atoms with Crippen LogP contribution in [0, 0.1) is 5.82 Å². The van der Waals surface area contributed by atoms with Gasteiger partial charge in [-0.15, -0.1) is 10.2 Å². The zero-order valence-corrected chi connectivity index (χ0v) is 16.6. The molecule has 2 aromatic carbocycles. The van der Waals surface area contributed by atoms with Crippen LogP contribution in [0.3, 0.4) is 0 Å². The molecule has 134 valence electrons. The molecule has 1 heterocycles. The first-order valence-corrected chi connectivity index (χ1v) is 9.89. The molecule has 0 bridgehead atoms. The quantitative estimate of drug-likeness (QED) is 0.294. The van der Waals surface area contributed by atoms with Gasteiger partial charge in [0.15, 0.2) is 16.8 Å². The van der Waals surface area contributed by atoms with Gasteiger partial charge in [-0.1, -0.05) is 39.8 Å². The summed E-state index contributed by atoms with van der Waals surface area (Å²) in [5, 5.41) is 9.15. The maximum atomic E-state index is 13.0. The van der Waals surface area contributed by atoms with Crippen LogP contribution in [0.4, 0.5) is 4.39 Å². The molecule has 0 saturated carbocycles. The molecular weight excluding hydrogens is 417 g/mol. The second-order valence-corrected chi connectivity index (χ2v) is 7.73. The number of nitrogens with zero attached hydrogens (tertiary/aromatic N) is 3. The van der Waals surface area contributed by atoms with Gasteiger partial charge in [0.2, 0.25) is 0 Å². The van der Waals surface area contributed by atoms with E-state index in [0.29, 0.717) is 12.2 Å². The highest BCUT2D eigenvalue weighted by atomic mass is 79.9. The summed E-state index contributed by atoms with van der Waals surface area (Å²) >= 11 is 4.93. The summed E-state index contributed by atoms with van der Waals surface area (Å²) in [6, 6.07) is 13.6. The molecule has 0 saturated heterocycles. The predicted molar refractivity (Wildman–Crippen MR) is 105 cm³/mol. The Bertz CT molecular complexity index is 894. The Kier molecular flexibility index (Phi) is 6.21. The van der Waals surface area contributed by atoms with E-state index in [1.54, 1.807) is 23.9 Å². The highest BCUT2D eigenvalue weighted by Crippen LogP contribution is 2.23. The Morgan fingerprint density at radius 2 is 1.81 bits per heavy atom. The number of aromatic nitrogens is 3.